The summed E-state index contributed by atoms with van der Waals surface area (Å²) in [6.07, 6.45) is 10.4. The van der Waals surface area contributed by atoms with E-state index in [0.717, 1.165) is 42.4 Å². The highest BCUT2D eigenvalue weighted by atomic mass is 35.5. The molecular weight excluding hydrogens is 1700 g/mol. The van der Waals surface area contributed by atoms with Crippen molar-refractivity contribution in [2.75, 3.05) is 105 Å². The summed E-state index contributed by atoms with van der Waals surface area (Å²) in [5.74, 6) is 2.55. The van der Waals surface area contributed by atoms with Crippen LogP contribution in [0.5, 0.6) is 28.7 Å². The third-order valence-corrected chi connectivity index (χ3v) is 24.6. The van der Waals surface area contributed by atoms with E-state index in [4.69, 9.17) is 63.2 Å². The topological polar surface area (TPSA) is 381 Å². The van der Waals surface area contributed by atoms with E-state index in [0.29, 0.717) is 179 Å². The molecule has 2 unspecified atom stereocenters. The fraction of sp³-hybridized carbons (Fsp3) is 0.505. The van der Waals surface area contributed by atoms with Crippen molar-refractivity contribution >= 4 is 88.0 Å². The SMILES string of the molecule is CC(=O)c1ccn(C(=O)N2CCN(Cc3cccc(C4(C(=O)O)CCOCC4)c3)CC2)n1.CC(=O)c1ccn(C(=O)N2CCN(Cc3cccc(OCC(C)(C)O)c3Cl)C[C@@H]2C)n1.CC(=O)c1ccn(C(=O)N2C[C@H]3CC(Oc4cccc(OCC(C)(C)O)c4Cl)C[C@H]3C2)n1.CC(=O)c1ccn(C(=O)N2C[C@H]3CC(Oc4cccc(OCC(C)(C)O)c4Cl)C[C@H]3C2)n1. The molecule has 127 heavy (non-hydrogen) atoms. The number of halogens is 3. The molecule has 7 aliphatic rings. The Labute approximate surface area is 752 Å². The van der Waals surface area contributed by atoms with E-state index in [1.54, 1.807) is 104 Å². The average molecular weight is 1810 g/mol. The monoisotopic (exact) mass is 1810 g/mol. The Morgan fingerprint density at radius 3 is 1.18 bits per heavy atom. The van der Waals surface area contributed by atoms with Crippen LogP contribution >= 0.6 is 34.8 Å². The van der Waals surface area contributed by atoms with E-state index in [1.165, 1.54) is 71.2 Å². The standard InChI is InChI=1S/2C23H28ClN3O5.C23H28N4O5.C22H29ClN4O4/c2*1-14(28)18-7-8-27(25-18)22(29)26-11-15-9-17(10-16(15)12-26)32-20-6-4-5-19(21(20)24)31-13-23(2,3)30;1-17(28)20-5-8-27(24-20)22(31)26-11-9-25(10-12-26)16-18-3-2-4-19(15-18)23(21(29)30)6-13-32-14-7-23;1-15-12-25(10-11-26(15)21(29)27-9-8-18(24-27)16(2)28)13-17-6-5-7-19(20(17)23)31-14-22(3,4)30/h2*4-8,15-17,30H,9-13H2,1-3H3;2-5,8,15H,6-7,9-14,16H2,1H3,(H,29,30);5-9,15,30H,10-14H2,1-4H3/t2*15-,16+,17?;;15-/m...0/s1. The lowest BCUT2D eigenvalue weighted by Crippen LogP contribution is -2.54. The molecule has 4 aromatic carbocycles. The third-order valence-electron chi connectivity index (χ3n) is 23.4. The summed E-state index contributed by atoms with van der Waals surface area (Å²) in [5, 5.41) is 57.2. The molecule has 4 amide bonds. The molecule has 33 nitrogen and oxygen atoms in total. The summed E-state index contributed by atoms with van der Waals surface area (Å²) >= 11 is 19.5. The van der Waals surface area contributed by atoms with Gasteiger partial charge in [-0.1, -0.05) is 83.3 Å². The number of nitrogens with zero attached hydrogens (tertiary/aromatic N) is 14. The van der Waals surface area contributed by atoms with Crippen LogP contribution in [0.25, 0.3) is 0 Å². The smallest absolute Gasteiger partial charge is 0.344 e. The third kappa shape index (κ3) is 24.8. The minimum Gasteiger partial charge on any atom is -0.489 e. The van der Waals surface area contributed by atoms with E-state index < -0.39 is 28.2 Å². The maximum Gasteiger partial charge on any atom is 0.344 e. The largest absolute Gasteiger partial charge is 0.489 e. The zero-order valence-corrected chi connectivity index (χ0v) is 75.7. The van der Waals surface area contributed by atoms with Gasteiger partial charge in [-0.25, -0.2) is 19.2 Å². The van der Waals surface area contributed by atoms with E-state index in [9.17, 15) is 63.6 Å². The average Bonchev–Trinajstić information content (AvgIpc) is 1.74. The Balaban J connectivity index is 0.000000154. The minimum atomic E-state index is -0.962. The van der Waals surface area contributed by atoms with Crippen molar-refractivity contribution in [2.45, 2.75) is 168 Å². The highest BCUT2D eigenvalue weighted by Crippen LogP contribution is 2.45. The van der Waals surface area contributed by atoms with Gasteiger partial charge in [-0.15, -0.1) is 0 Å². The number of benzene rings is 4. The van der Waals surface area contributed by atoms with Crippen LogP contribution in [0.4, 0.5) is 19.2 Å². The lowest BCUT2D eigenvalue weighted by atomic mass is 9.74. The molecule has 15 rings (SSSR count). The van der Waals surface area contributed by atoms with E-state index in [1.807, 2.05) is 67.6 Å². The molecule has 0 bridgehead atoms. The number of amides is 4. The van der Waals surface area contributed by atoms with Gasteiger partial charge in [-0.3, -0.25) is 33.8 Å². The van der Waals surface area contributed by atoms with Gasteiger partial charge in [0.05, 0.1) is 39.4 Å². The maximum absolute atomic E-state index is 12.8. The summed E-state index contributed by atoms with van der Waals surface area (Å²) in [6, 6.07) is 29.5. The van der Waals surface area contributed by atoms with E-state index in [2.05, 4.69) is 30.2 Å². The number of ether oxygens (including phenoxy) is 6. The molecule has 0 spiro atoms. The number of piperazine rings is 2. The molecule has 8 aromatic rings. The predicted octanol–water partition coefficient (Wildman–Crippen LogP) is 12.4. The summed E-state index contributed by atoms with van der Waals surface area (Å²) in [7, 11) is 0. The number of Topliss-reactive ketones (excluding diaryl/α,β-unsaturated/α-hetero) is 4. The summed E-state index contributed by atoms with van der Waals surface area (Å²) in [4.78, 5) is 120. The first kappa shape index (κ1) is 95.5. The van der Waals surface area contributed by atoms with Crippen molar-refractivity contribution in [3.63, 3.8) is 0 Å². The fourth-order valence-corrected chi connectivity index (χ4v) is 17.4. The quantitative estimate of drug-likeness (QED) is 0.0432. The number of aromatic nitrogens is 8. The van der Waals surface area contributed by atoms with Crippen LogP contribution < -0.4 is 23.7 Å². The Hall–Kier alpha value is -10.6. The molecule has 9 heterocycles. The van der Waals surface area contributed by atoms with Gasteiger partial charge in [0.25, 0.3) is 0 Å². The lowest BCUT2D eigenvalue weighted by Gasteiger charge is -2.39. The summed E-state index contributed by atoms with van der Waals surface area (Å²) in [5.41, 5.74) is 0.202. The molecule has 7 fully saturated rings. The molecule has 36 heteroatoms. The minimum absolute atomic E-state index is 0.0123. The summed E-state index contributed by atoms with van der Waals surface area (Å²) in [6.45, 7) is 27.3. The molecular formula is C91H113Cl3N14O19. The number of hydrogen-bond donors (Lipinski definition) is 4. The van der Waals surface area contributed by atoms with Gasteiger partial charge in [0.1, 0.15) is 81.4 Å². The van der Waals surface area contributed by atoms with Crippen molar-refractivity contribution in [1.29, 1.82) is 0 Å². The highest BCUT2D eigenvalue weighted by molar-refractivity contribution is 6.34. The normalized spacial score (nSPS) is 20.5. The Morgan fingerprint density at radius 2 is 0.803 bits per heavy atom. The molecule has 4 N–H and O–H groups in total. The number of rotatable bonds is 23. The van der Waals surface area contributed by atoms with Crippen LogP contribution in [0.2, 0.25) is 15.1 Å². The zero-order valence-electron chi connectivity index (χ0n) is 73.4. The first-order chi connectivity index (χ1) is 60.1. The Morgan fingerprint density at radius 1 is 0.441 bits per heavy atom. The fourth-order valence-electron chi connectivity index (χ4n) is 16.7. The van der Waals surface area contributed by atoms with Crippen LogP contribution in [0, 0.1) is 23.7 Å². The number of carboxylic acids is 1. The number of carbonyl (C=O) groups excluding carboxylic acids is 8. The predicted molar refractivity (Wildman–Crippen MR) is 470 cm³/mol. The molecule has 5 saturated heterocycles. The number of carbonyl (C=O) groups is 9. The molecule has 4 aromatic heterocycles. The number of likely N-dealkylation sites (tertiary alicyclic amines) is 2. The molecule has 5 aliphatic heterocycles. The molecule has 2 aliphatic carbocycles. The maximum atomic E-state index is 12.8. The van der Waals surface area contributed by atoms with Gasteiger partial charge < -0.3 is 68.4 Å². The number of ketones is 4. The Bertz CT molecular complexity index is 5080. The van der Waals surface area contributed by atoms with Crippen molar-refractivity contribution in [3.8, 4) is 28.7 Å². The number of hydrogen-bond acceptors (Lipinski definition) is 24. The Kier molecular flexibility index (Phi) is 31.0. The molecule has 7 atom stereocenters. The number of aliphatic hydroxyl groups is 3. The van der Waals surface area contributed by atoms with E-state index in [-0.39, 0.29) is 108 Å². The first-order valence-electron chi connectivity index (χ1n) is 42.7. The van der Waals surface area contributed by atoms with E-state index >= 15 is 0 Å². The second kappa shape index (κ2) is 41.2. The van der Waals surface area contributed by atoms with Gasteiger partial charge in [0.2, 0.25) is 0 Å². The van der Waals surface area contributed by atoms with Gasteiger partial charge in [-0.05, 0) is 182 Å². The van der Waals surface area contributed by atoms with Crippen molar-refractivity contribution < 1.29 is 92.0 Å². The molecule has 0 radical (unpaired) electrons. The second-order valence-electron chi connectivity index (χ2n) is 35.6. The number of carboxylic acid groups (broad SMARTS) is 1. The van der Waals surface area contributed by atoms with Crippen molar-refractivity contribution in [2.24, 2.45) is 23.7 Å². The number of fused-ring (bicyclic) bond motifs is 2. The van der Waals surface area contributed by atoms with Gasteiger partial charge in [0.15, 0.2) is 23.1 Å². The zero-order chi connectivity index (χ0) is 91.6. The lowest BCUT2D eigenvalue weighted by molar-refractivity contribution is -0.147. The number of aliphatic carboxylic acids is 1. The van der Waals surface area contributed by atoms with Crippen LogP contribution in [0.1, 0.15) is 173 Å². The van der Waals surface area contributed by atoms with Gasteiger partial charge in [0, 0.05) is 157 Å². The van der Waals surface area contributed by atoms with Crippen molar-refractivity contribution in [3.05, 3.63) is 182 Å². The molecule has 2 saturated carbocycles. The van der Waals surface area contributed by atoms with Crippen LogP contribution in [-0.4, -0.2) is 282 Å². The van der Waals surface area contributed by atoms with Crippen LogP contribution in [0.3, 0.4) is 0 Å². The van der Waals surface area contributed by atoms with Crippen LogP contribution in [-0.2, 0) is 28.0 Å². The first-order valence-corrected chi connectivity index (χ1v) is 43.8. The highest BCUT2D eigenvalue weighted by Gasteiger charge is 2.47. The van der Waals surface area contributed by atoms with Crippen molar-refractivity contribution in [1.82, 2.24) is 68.5 Å². The molecule has 682 valence electrons. The second-order valence-corrected chi connectivity index (χ2v) is 36.8. The van der Waals surface area contributed by atoms with Crippen LogP contribution in [0.15, 0.2) is 128 Å². The van der Waals surface area contributed by atoms with Gasteiger partial charge >= 0.3 is 30.1 Å². The summed E-state index contributed by atoms with van der Waals surface area (Å²) < 4.78 is 39.7. The van der Waals surface area contributed by atoms with Gasteiger partial charge in [-0.2, -0.15) is 39.1 Å².